The van der Waals surface area contributed by atoms with Gasteiger partial charge >= 0.3 is 6.03 Å². The highest BCUT2D eigenvalue weighted by atomic mass is 16.5. The van der Waals surface area contributed by atoms with Crippen LogP contribution in [0.1, 0.15) is 43.7 Å². The average molecular weight is 306 g/mol. The molecule has 1 aliphatic carbocycles. The van der Waals surface area contributed by atoms with Crippen LogP contribution in [0.15, 0.2) is 24.3 Å². The molecule has 5 heteroatoms. The predicted octanol–water partition coefficient (Wildman–Crippen LogP) is 2.70. The Morgan fingerprint density at radius 3 is 2.50 bits per heavy atom. The minimum Gasteiger partial charge on any atom is -0.497 e. The molecule has 1 aromatic rings. The number of benzene rings is 1. The number of hydrogen-bond acceptors (Lipinski definition) is 3. The van der Waals surface area contributed by atoms with Gasteiger partial charge in [-0.3, -0.25) is 0 Å². The van der Waals surface area contributed by atoms with Crippen molar-refractivity contribution >= 4 is 6.03 Å². The summed E-state index contributed by atoms with van der Waals surface area (Å²) in [6.07, 6.45) is 5.71. The molecular weight excluding hydrogens is 280 g/mol. The van der Waals surface area contributed by atoms with Crippen molar-refractivity contribution in [1.82, 2.24) is 10.2 Å². The van der Waals surface area contributed by atoms with Crippen LogP contribution in [0.2, 0.25) is 0 Å². The summed E-state index contributed by atoms with van der Waals surface area (Å²) in [5.41, 5.74) is 0.893. The molecule has 122 valence electrons. The minimum atomic E-state index is -0.352. The first-order valence-corrected chi connectivity index (χ1v) is 7.94. The Morgan fingerprint density at radius 2 is 1.95 bits per heavy atom. The Labute approximate surface area is 132 Å². The van der Waals surface area contributed by atoms with Crippen LogP contribution in [0, 0.1) is 0 Å². The lowest BCUT2D eigenvalue weighted by Crippen LogP contribution is -2.45. The number of urea groups is 1. The monoisotopic (exact) mass is 306 g/mol. The highest BCUT2D eigenvalue weighted by molar-refractivity contribution is 5.74. The summed E-state index contributed by atoms with van der Waals surface area (Å²) < 4.78 is 5.14. The summed E-state index contributed by atoms with van der Waals surface area (Å²) in [4.78, 5) is 14.0. The molecule has 0 heterocycles. The topological polar surface area (TPSA) is 61.8 Å². The lowest BCUT2D eigenvalue weighted by molar-refractivity contribution is 0.145. The molecule has 5 nitrogen and oxygen atoms in total. The predicted molar refractivity (Wildman–Crippen MR) is 86.0 cm³/mol. The van der Waals surface area contributed by atoms with Gasteiger partial charge in [-0.15, -0.1) is 0 Å². The summed E-state index contributed by atoms with van der Waals surface area (Å²) in [5, 5.41) is 12.8. The van der Waals surface area contributed by atoms with E-state index in [2.05, 4.69) is 5.32 Å². The molecule has 0 radical (unpaired) electrons. The fourth-order valence-electron chi connectivity index (χ4n) is 2.94. The van der Waals surface area contributed by atoms with Crippen LogP contribution in [-0.2, 0) is 0 Å². The van der Waals surface area contributed by atoms with E-state index < -0.39 is 0 Å². The van der Waals surface area contributed by atoms with E-state index in [0.717, 1.165) is 24.2 Å². The number of aliphatic hydroxyl groups is 1. The van der Waals surface area contributed by atoms with Crippen LogP contribution in [0.25, 0.3) is 0 Å². The highest BCUT2D eigenvalue weighted by Gasteiger charge is 2.23. The number of nitrogens with one attached hydrogen (secondary N) is 1. The number of likely N-dealkylation sites (N-methyl/N-ethyl adjacent to an activating group) is 1. The minimum absolute atomic E-state index is 0.110. The van der Waals surface area contributed by atoms with Crippen molar-refractivity contribution in [3.05, 3.63) is 29.8 Å². The maximum atomic E-state index is 12.4. The largest absolute Gasteiger partial charge is 0.497 e. The summed E-state index contributed by atoms with van der Waals surface area (Å²) in [6.45, 7) is -0.110. The molecule has 1 aromatic carbocycles. The number of carbonyl (C=O) groups excluding carboxylic acids is 1. The fraction of sp³-hybridized carbons (Fsp3) is 0.588. The molecular formula is C17H26N2O3. The van der Waals surface area contributed by atoms with Crippen LogP contribution in [0.5, 0.6) is 5.75 Å². The van der Waals surface area contributed by atoms with Gasteiger partial charge in [-0.1, -0.05) is 31.4 Å². The van der Waals surface area contributed by atoms with E-state index in [1.54, 1.807) is 19.1 Å². The molecule has 2 amide bonds. The van der Waals surface area contributed by atoms with Crippen LogP contribution in [0.4, 0.5) is 4.79 Å². The van der Waals surface area contributed by atoms with E-state index in [1.807, 2.05) is 24.3 Å². The van der Waals surface area contributed by atoms with Gasteiger partial charge in [0.15, 0.2) is 0 Å². The molecule has 0 bridgehead atoms. The molecule has 1 saturated carbocycles. The number of aliphatic hydroxyl groups excluding tert-OH is 1. The number of nitrogens with zero attached hydrogens (tertiary/aromatic N) is 1. The van der Waals surface area contributed by atoms with Crippen molar-refractivity contribution in [2.24, 2.45) is 0 Å². The zero-order chi connectivity index (χ0) is 15.9. The van der Waals surface area contributed by atoms with E-state index in [9.17, 15) is 9.90 Å². The molecule has 0 spiro atoms. The first-order chi connectivity index (χ1) is 10.7. The maximum absolute atomic E-state index is 12.4. The molecule has 1 fully saturated rings. The van der Waals surface area contributed by atoms with Crippen molar-refractivity contribution in [3.8, 4) is 5.75 Å². The fourth-order valence-corrected chi connectivity index (χ4v) is 2.94. The quantitative estimate of drug-likeness (QED) is 0.879. The maximum Gasteiger partial charge on any atom is 0.317 e. The molecule has 0 unspecified atom stereocenters. The number of hydrogen-bond donors (Lipinski definition) is 2. The van der Waals surface area contributed by atoms with Gasteiger partial charge in [0, 0.05) is 13.1 Å². The van der Waals surface area contributed by atoms with Gasteiger partial charge in [0.05, 0.1) is 19.8 Å². The third-order valence-electron chi connectivity index (χ3n) is 4.39. The molecule has 2 rings (SSSR count). The summed E-state index contributed by atoms with van der Waals surface area (Å²) in [5.74, 6) is 0.759. The number of ether oxygens (including phenoxy) is 1. The van der Waals surface area contributed by atoms with Crippen molar-refractivity contribution in [1.29, 1.82) is 0 Å². The summed E-state index contributed by atoms with van der Waals surface area (Å²) in [7, 11) is 3.34. The first-order valence-electron chi connectivity index (χ1n) is 7.94. The van der Waals surface area contributed by atoms with E-state index in [-0.39, 0.29) is 24.7 Å². The van der Waals surface area contributed by atoms with Gasteiger partial charge in [0.1, 0.15) is 5.75 Å². The van der Waals surface area contributed by atoms with Gasteiger partial charge < -0.3 is 20.1 Å². The number of carbonyl (C=O) groups is 1. The standard InChI is InChI=1S/C17H26N2O3/c1-19(17(21)18-14-6-4-3-5-7-14)16(12-20)13-8-10-15(22-2)11-9-13/h8-11,14,16,20H,3-7,12H2,1-2H3,(H,18,21)/t16-/m0/s1. The number of amides is 2. The van der Waals surface area contributed by atoms with Crippen LogP contribution in [-0.4, -0.2) is 42.8 Å². The van der Waals surface area contributed by atoms with Crippen molar-refractivity contribution in [3.63, 3.8) is 0 Å². The van der Waals surface area contributed by atoms with Gasteiger partial charge in [0.25, 0.3) is 0 Å². The molecule has 2 N–H and O–H groups in total. The Bertz CT molecular complexity index is 469. The summed E-state index contributed by atoms with van der Waals surface area (Å²) >= 11 is 0. The SMILES string of the molecule is COc1ccc([C@H](CO)N(C)C(=O)NC2CCCCC2)cc1. The van der Waals surface area contributed by atoms with Crippen LogP contribution in [0.3, 0.4) is 0 Å². The second kappa shape index (κ2) is 8.03. The Kier molecular flexibility index (Phi) is 6.07. The summed E-state index contributed by atoms with van der Waals surface area (Å²) in [6, 6.07) is 7.22. The molecule has 0 saturated heterocycles. The third-order valence-corrected chi connectivity index (χ3v) is 4.39. The van der Waals surface area contributed by atoms with Gasteiger partial charge in [0.2, 0.25) is 0 Å². The average Bonchev–Trinajstić information content (AvgIpc) is 2.57. The molecule has 0 aliphatic heterocycles. The first kappa shape index (κ1) is 16.6. The van der Waals surface area contributed by atoms with Gasteiger partial charge in [-0.05, 0) is 30.5 Å². The second-order valence-electron chi connectivity index (χ2n) is 5.87. The normalized spacial score (nSPS) is 16.9. The second-order valence-corrected chi connectivity index (χ2v) is 5.87. The van der Waals surface area contributed by atoms with Crippen LogP contribution >= 0.6 is 0 Å². The Balaban J connectivity index is 1.99. The lowest BCUT2D eigenvalue weighted by atomic mass is 9.96. The zero-order valence-corrected chi connectivity index (χ0v) is 13.4. The molecule has 22 heavy (non-hydrogen) atoms. The van der Waals surface area contributed by atoms with Gasteiger partial charge in [-0.25, -0.2) is 4.79 Å². The Hall–Kier alpha value is -1.75. The molecule has 1 atom stereocenters. The zero-order valence-electron chi connectivity index (χ0n) is 13.4. The van der Waals surface area contributed by atoms with Gasteiger partial charge in [-0.2, -0.15) is 0 Å². The van der Waals surface area contributed by atoms with E-state index >= 15 is 0 Å². The van der Waals surface area contributed by atoms with Crippen LogP contribution < -0.4 is 10.1 Å². The van der Waals surface area contributed by atoms with E-state index in [0.29, 0.717) is 0 Å². The third kappa shape index (κ3) is 4.13. The number of methoxy groups -OCH3 is 1. The highest BCUT2D eigenvalue weighted by Crippen LogP contribution is 2.23. The van der Waals surface area contributed by atoms with Crippen molar-refractivity contribution < 1.29 is 14.6 Å². The lowest BCUT2D eigenvalue weighted by Gasteiger charge is -2.30. The number of rotatable bonds is 5. The molecule has 1 aliphatic rings. The van der Waals surface area contributed by atoms with Crippen molar-refractivity contribution in [2.75, 3.05) is 20.8 Å². The smallest absolute Gasteiger partial charge is 0.317 e. The Morgan fingerprint density at radius 1 is 1.32 bits per heavy atom. The molecule has 0 aromatic heterocycles. The van der Waals surface area contributed by atoms with Crippen molar-refractivity contribution in [2.45, 2.75) is 44.2 Å². The van der Waals surface area contributed by atoms with E-state index in [4.69, 9.17) is 4.74 Å². The van der Waals surface area contributed by atoms with E-state index in [1.165, 1.54) is 19.3 Å².